The normalized spacial score (nSPS) is 10.7. The molecule has 0 aromatic carbocycles. The quantitative estimate of drug-likeness (QED) is 0.656. The van der Waals surface area contributed by atoms with Crippen LogP contribution in [0.3, 0.4) is 0 Å². The van der Waals surface area contributed by atoms with Gasteiger partial charge in [0.2, 0.25) is 5.28 Å². The van der Waals surface area contributed by atoms with Gasteiger partial charge in [0.25, 0.3) is 0 Å². The number of pyridine rings is 1. The number of hydrogen-bond donors (Lipinski definition) is 1. The lowest BCUT2D eigenvalue weighted by molar-refractivity contribution is 0.624. The third-order valence-electron chi connectivity index (χ3n) is 1.28. The molecule has 5 heteroatoms. The number of H-pyrrole nitrogens is 1. The molecule has 1 N–H and O–H groups in total. The summed E-state index contributed by atoms with van der Waals surface area (Å²) in [7, 11) is 0. The molecule has 0 bridgehead atoms. The highest BCUT2D eigenvalue weighted by Gasteiger charge is 2.01. The zero-order chi connectivity index (χ0) is 7.84. The maximum Gasteiger partial charge on any atom is 0.202 e. The van der Waals surface area contributed by atoms with E-state index in [9.17, 15) is 4.39 Å². The lowest BCUT2D eigenvalue weighted by Gasteiger charge is -1.85. The Morgan fingerprint density at radius 1 is 1.55 bits per heavy atom. The van der Waals surface area contributed by atoms with Crippen LogP contribution < -0.4 is 0 Å². The number of nitrogens with one attached hydrogen (secondary N) is 1. The second-order valence-corrected chi connectivity index (χ2v) is 2.41. The molecule has 2 aromatic heterocycles. The van der Waals surface area contributed by atoms with Crippen molar-refractivity contribution in [3.8, 4) is 0 Å². The average molecular weight is 172 g/mol. The van der Waals surface area contributed by atoms with E-state index < -0.39 is 5.82 Å². The molecule has 0 spiro atoms. The fraction of sp³-hybridized carbons (Fsp3) is 0. The first-order chi connectivity index (χ1) is 5.25. The zero-order valence-electron chi connectivity index (χ0n) is 5.31. The van der Waals surface area contributed by atoms with Gasteiger partial charge in [-0.05, 0) is 11.6 Å². The summed E-state index contributed by atoms with van der Waals surface area (Å²) >= 11 is 5.51. The Morgan fingerprint density at radius 2 is 2.36 bits per heavy atom. The molecule has 3 nitrogen and oxygen atoms in total. The van der Waals surface area contributed by atoms with Crippen molar-refractivity contribution in [3.05, 3.63) is 23.4 Å². The smallest absolute Gasteiger partial charge is 0.202 e. The van der Waals surface area contributed by atoms with E-state index in [1.54, 1.807) is 0 Å². The molecule has 0 aliphatic heterocycles. The first-order valence-corrected chi connectivity index (χ1v) is 3.30. The summed E-state index contributed by atoms with van der Waals surface area (Å²) < 4.78 is 12.5. The summed E-state index contributed by atoms with van der Waals surface area (Å²) in [6.07, 6.45) is 1.10. The van der Waals surface area contributed by atoms with Gasteiger partial charge < -0.3 is 4.98 Å². The van der Waals surface area contributed by atoms with Crippen LogP contribution in [-0.2, 0) is 0 Å². The lowest BCUT2D eigenvalue weighted by atomic mass is 10.4. The van der Waals surface area contributed by atoms with Crippen molar-refractivity contribution in [2.24, 2.45) is 0 Å². The largest absolute Gasteiger partial charge is 0.327 e. The maximum absolute atomic E-state index is 12.5. The van der Waals surface area contributed by atoms with Crippen molar-refractivity contribution in [2.75, 3.05) is 0 Å². The molecule has 0 unspecified atom stereocenters. The Balaban J connectivity index is 2.82. The van der Waals surface area contributed by atoms with E-state index in [1.165, 1.54) is 6.07 Å². The molecule has 0 saturated heterocycles. The van der Waals surface area contributed by atoms with Gasteiger partial charge >= 0.3 is 0 Å². The summed E-state index contributed by atoms with van der Waals surface area (Å²) in [6.45, 7) is 0. The first-order valence-electron chi connectivity index (χ1n) is 2.92. The molecule has 11 heavy (non-hydrogen) atoms. The minimum atomic E-state index is -0.405. The number of nitrogens with zero attached hydrogens (tertiary/aromatic N) is 2. The van der Waals surface area contributed by atoms with Crippen LogP contribution in [0.5, 0.6) is 0 Å². The predicted molar refractivity (Wildman–Crippen MR) is 38.9 cm³/mol. The lowest BCUT2D eigenvalue weighted by Crippen LogP contribution is -1.78. The molecule has 0 aliphatic carbocycles. The van der Waals surface area contributed by atoms with Gasteiger partial charge in [-0.15, -0.1) is 0 Å². The third-order valence-corrected chi connectivity index (χ3v) is 1.45. The second kappa shape index (κ2) is 2.17. The van der Waals surface area contributed by atoms with Crippen molar-refractivity contribution >= 4 is 22.8 Å². The highest BCUT2D eigenvalue weighted by atomic mass is 35.5. The van der Waals surface area contributed by atoms with Crippen molar-refractivity contribution in [3.63, 3.8) is 0 Å². The number of aromatic nitrogens is 3. The monoisotopic (exact) mass is 171 g/mol. The number of rotatable bonds is 0. The van der Waals surface area contributed by atoms with Crippen LogP contribution in [0.15, 0.2) is 12.3 Å². The van der Waals surface area contributed by atoms with Crippen LogP contribution in [0.2, 0.25) is 5.28 Å². The van der Waals surface area contributed by atoms with Gasteiger partial charge in [0.15, 0.2) is 5.65 Å². The predicted octanol–water partition coefficient (Wildman–Crippen LogP) is 1.75. The number of halogens is 2. The van der Waals surface area contributed by atoms with E-state index >= 15 is 0 Å². The molecular formula is C6H3ClFN3. The molecule has 0 amide bonds. The van der Waals surface area contributed by atoms with Crippen LogP contribution in [0.1, 0.15) is 0 Å². The standard InChI is InChI=1S/C6H3ClFN3/c7-6-10-4-1-3(8)2-9-5(4)11-6/h1-2H,(H,9,10,11). The third kappa shape index (κ3) is 1.05. The van der Waals surface area contributed by atoms with Gasteiger partial charge in [-0.2, -0.15) is 4.98 Å². The molecule has 0 atom stereocenters. The van der Waals surface area contributed by atoms with Crippen LogP contribution in [-0.4, -0.2) is 15.0 Å². The highest BCUT2D eigenvalue weighted by molar-refractivity contribution is 6.28. The minimum Gasteiger partial charge on any atom is -0.327 e. The van der Waals surface area contributed by atoms with E-state index in [1.807, 2.05) is 0 Å². The molecule has 0 saturated carbocycles. The summed E-state index contributed by atoms with van der Waals surface area (Å²) in [5.41, 5.74) is 0.936. The van der Waals surface area contributed by atoms with Gasteiger partial charge in [-0.1, -0.05) is 0 Å². The highest BCUT2D eigenvalue weighted by Crippen LogP contribution is 2.12. The molecule has 56 valence electrons. The Hall–Kier alpha value is -1.16. The maximum atomic E-state index is 12.5. The Labute approximate surface area is 66.2 Å². The van der Waals surface area contributed by atoms with Gasteiger partial charge in [0.05, 0.1) is 11.7 Å². The average Bonchev–Trinajstić information content (AvgIpc) is 2.27. The number of aromatic amines is 1. The fourth-order valence-corrected chi connectivity index (χ4v) is 1.03. The van der Waals surface area contributed by atoms with Gasteiger partial charge in [0.1, 0.15) is 5.82 Å². The molecule has 2 rings (SSSR count). The Bertz CT molecular complexity index is 398. The van der Waals surface area contributed by atoms with Crippen LogP contribution in [0, 0.1) is 5.82 Å². The van der Waals surface area contributed by atoms with Crippen molar-refractivity contribution in [2.45, 2.75) is 0 Å². The van der Waals surface area contributed by atoms with Crippen molar-refractivity contribution in [1.29, 1.82) is 0 Å². The summed E-state index contributed by atoms with van der Waals surface area (Å²) in [5.74, 6) is -0.405. The number of fused-ring (bicyclic) bond motifs is 1. The van der Waals surface area contributed by atoms with Gasteiger partial charge in [-0.25, -0.2) is 9.37 Å². The first kappa shape index (κ1) is 6.54. The number of imidazole rings is 1. The zero-order valence-corrected chi connectivity index (χ0v) is 6.06. The molecule has 0 aliphatic rings. The van der Waals surface area contributed by atoms with Crippen molar-refractivity contribution in [1.82, 2.24) is 15.0 Å². The van der Waals surface area contributed by atoms with E-state index in [0.717, 1.165) is 6.20 Å². The molecular weight excluding hydrogens is 169 g/mol. The van der Waals surface area contributed by atoms with Gasteiger partial charge in [0, 0.05) is 6.07 Å². The van der Waals surface area contributed by atoms with E-state index in [2.05, 4.69) is 15.0 Å². The van der Waals surface area contributed by atoms with Crippen LogP contribution >= 0.6 is 11.6 Å². The topological polar surface area (TPSA) is 41.6 Å². The minimum absolute atomic E-state index is 0.220. The van der Waals surface area contributed by atoms with E-state index in [4.69, 9.17) is 11.6 Å². The molecule has 2 aromatic rings. The Kier molecular flexibility index (Phi) is 1.29. The number of hydrogen-bond acceptors (Lipinski definition) is 2. The molecule has 0 fully saturated rings. The van der Waals surface area contributed by atoms with E-state index in [-0.39, 0.29) is 5.28 Å². The molecule has 2 heterocycles. The Morgan fingerprint density at radius 3 is 3.18 bits per heavy atom. The second-order valence-electron chi connectivity index (χ2n) is 2.05. The molecule has 0 radical (unpaired) electrons. The fourth-order valence-electron chi connectivity index (χ4n) is 0.845. The van der Waals surface area contributed by atoms with E-state index in [0.29, 0.717) is 11.2 Å². The van der Waals surface area contributed by atoms with Crippen LogP contribution in [0.4, 0.5) is 4.39 Å². The SMILES string of the molecule is Fc1cnc2nc(Cl)[nH]c2c1. The summed E-state index contributed by atoms with van der Waals surface area (Å²) in [6, 6.07) is 1.29. The van der Waals surface area contributed by atoms with Gasteiger partial charge in [-0.3, -0.25) is 0 Å². The van der Waals surface area contributed by atoms with Crippen LogP contribution in [0.25, 0.3) is 11.2 Å². The summed E-state index contributed by atoms with van der Waals surface area (Å²) in [4.78, 5) is 10.1. The summed E-state index contributed by atoms with van der Waals surface area (Å²) in [5, 5.41) is 0.220. The van der Waals surface area contributed by atoms with Crippen molar-refractivity contribution < 1.29 is 4.39 Å².